The van der Waals surface area contributed by atoms with E-state index in [4.69, 9.17) is 9.57 Å². The van der Waals surface area contributed by atoms with E-state index < -0.39 is 6.09 Å². The highest BCUT2D eigenvalue weighted by Gasteiger charge is 2.30. The van der Waals surface area contributed by atoms with Crippen LogP contribution in [0.5, 0.6) is 5.75 Å². The molecule has 2 aromatic carbocycles. The van der Waals surface area contributed by atoms with Gasteiger partial charge in [0.2, 0.25) is 0 Å². The van der Waals surface area contributed by atoms with Gasteiger partial charge in [-0.3, -0.25) is 0 Å². The molecule has 4 heteroatoms. The van der Waals surface area contributed by atoms with Crippen molar-refractivity contribution in [3.63, 3.8) is 0 Å². The minimum absolute atomic E-state index is 0.271. The summed E-state index contributed by atoms with van der Waals surface area (Å²) in [6, 6.07) is 18.3. The van der Waals surface area contributed by atoms with Crippen molar-refractivity contribution in [1.82, 2.24) is 5.06 Å². The summed E-state index contributed by atoms with van der Waals surface area (Å²) in [6.07, 6.45) is 2.75. The number of hydrogen-bond acceptors (Lipinski definition) is 3. The van der Waals surface area contributed by atoms with Crippen molar-refractivity contribution in [2.24, 2.45) is 0 Å². The van der Waals surface area contributed by atoms with Gasteiger partial charge in [-0.25, -0.2) is 4.79 Å². The quantitative estimate of drug-likeness (QED) is 0.833. The topological polar surface area (TPSA) is 38.8 Å². The van der Waals surface area contributed by atoms with Crippen molar-refractivity contribution in [3.8, 4) is 5.75 Å². The molecular weight excluding hydrogens is 254 g/mol. The van der Waals surface area contributed by atoms with Crippen LogP contribution in [0.25, 0.3) is 0 Å². The highest BCUT2D eigenvalue weighted by molar-refractivity contribution is 5.70. The molecule has 0 radical (unpaired) electrons. The van der Waals surface area contributed by atoms with Gasteiger partial charge in [0.05, 0.1) is 0 Å². The van der Waals surface area contributed by atoms with Crippen LogP contribution in [0.2, 0.25) is 0 Å². The van der Waals surface area contributed by atoms with Gasteiger partial charge in [0.25, 0.3) is 0 Å². The summed E-state index contributed by atoms with van der Waals surface area (Å²) >= 11 is 0. The van der Waals surface area contributed by atoms with Gasteiger partial charge in [0.1, 0.15) is 18.1 Å². The number of carbonyl (C=O) groups is 1. The van der Waals surface area contributed by atoms with Crippen LogP contribution in [0, 0.1) is 0 Å². The second-order valence-electron chi connectivity index (χ2n) is 4.30. The maximum Gasteiger partial charge on any atom is 0.449 e. The number of amides is 1. The molecule has 1 aliphatic heterocycles. The largest absolute Gasteiger partial charge is 0.449 e. The molecule has 0 aromatic heterocycles. The molecule has 0 saturated heterocycles. The first kappa shape index (κ1) is 12.3. The normalized spacial score (nSPS) is 16.8. The summed E-state index contributed by atoms with van der Waals surface area (Å²) in [5, 5.41) is 1.21. The number of benzene rings is 2. The fraction of sp³-hybridized carbons (Fsp3) is 0.0625. The lowest BCUT2D eigenvalue weighted by molar-refractivity contribution is -0.0735. The maximum absolute atomic E-state index is 12.1. The third-order valence-electron chi connectivity index (χ3n) is 2.96. The Bertz CT molecular complexity index is 610. The first-order valence-electron chi connectivity index (χ1n) is 6.29. The zero-order chi connectivity index (χ0) is 13.8. The van der Waals surface area contributed by atoms with Crippen molar-refractivity contribution in [3.05, 3.63) is 78.6 Å². The zero-order valence-electron chi connectivity index (χ0n) is 10.7. The molecule has 100 valence electrons. The molecule has 1 amide bonds. The van der Waals surface area contributed by atoms with E-state index in [1.807, 2.05) is 42.5 Å². The van der Waals surface area contributed by atoms with E-state index in [9.17, 15) is 4.79 Å². The third kappa shape index (κ3) is 2.49. The predicted molar refractivity (Wildman–Crippen MR) is 73.7 cm³/mol. The van der Waals surface area contributed by atoms with Gasteiger partial charge >= 0.3 is 6.09 Å². The molecule has 0 N–H and O–H groups in total. The molecule has 3 rings (SSSR count). The van der Waals surface area contributed by atoms with Crippen LogP contribution in [0.3, 0.4) is 0 Å². The van der Waals surface area contributed by atoms with Crippen LogP contribution in [-0.2, 0) is 4.84 Å². The molecule has 0 aliphatic carbocycles. The van der Waals surface area contributed by atoms with Crippen molar-refractivity contribution >= 4 is 6.09 Å². The van der Waals surface area contributed by atoms with E-state index >= 15 is 0 Å². The Balaban J connectivity index is 1.75. The van der Waals surface area contributed by atoms with E-state index in [0.29, 0.717) is 5.75 Å². The summed E-state index contributed by atoms with van der Waals surface area (Å²) < 4.78 is 5.27. The molecule has 1 atom stereocenters. The lowest BCUT2D eigenvalue weighted by Gasteiger charge is -2.21. The van der Waals surface area contributed by atoms with E-state index in [0.717, 1.165) is 5.56 Å². The molecule has 0 bridgehead atoms. The first-order chi connectivity index (χ1) is 9.84. The Morgan fingerprint density at radius 3 is 2.35 bits per heavy atom. The number of hydroxylamine groups is 2. The van der Waals surface area contributed by atoms with Crippen LogP contribution >= 0.6 is 0 Å². The van der Waals surface area contributed by atoms with Gasteiger partial charge in [-0.05, 0) is 23.8 Å². The summed E-state index contributed by atoms with van der Waals surface area (Å²) in [5.41, 5.74) is 0.964. The Morgan fingerprint density at radius 2 is 1.65 bits per heavy atom. The highest BCUT2D eigenvalue weighted by atomic mass is 16.7. The van der Waals surface area contributed by atoms with Gasteiger partial charge < -0.3 is 9.57 Å². The van der Waals surface area contributed by atoms with Gasteiger partial charge in [-0.1, -0.05) is 48.5 Å². The number of carbonyl (C=O) groups excluding carboxylic acids is 1. The second-order valence-corrected chi connectivity index (χ2v) is 4.30. The minimum atomic E-state index is -0.546. The molecule has 4 nitrogen and oxygen atoms in total. The first-order valence-corrected chi connectivity index (χ1v) is 6.29. The van der Waals surface area contributed by atoms with Crippen LogP contribution in [0.15, 0.2) is 73.0 Å². The molecule has 0 spiro atoms. The molecule has 2 aromatic rings. The van der Waals surface area contributed by atoms with Gasteiger partial charge in [0, 0.05) is 0 Å². The van der Waals surface area contributed by atoms with Gasteiger partial charge in [-0.15, -0.1) is 5.06 Å². The average Bonchev–Trinajstić information content (AvgIpc) is 2.99. The van der Waals surface area contributed by atoms with Gasteiger partial charge in [-0.2, -0.15) is 0 Å². The molecule has 0 fully saturated rings. The summed E-state index contributed by atoms with van der Waals surface area (Å²) in [6.45, 7) is 0. The molecule has 20 heavy (non-hydrogen) atoms. The Hall–Kier alpha value is -2.75. The average molecular weight is 267 g/mol. The zero-order valence-corrected chi connectivity index (χ0v) is 10.7. The Labute approximate surface area is 116 Å². The fourth-order valence-electron chi connectivity index (χ4n) is 2.01. The minimum Gasteiger partial charge on any atom is -0.408 e. The molecule has 0 unspecified atom stereocenters. The lowest BCUT2D eigenvalue weighted by Crippen LogP contribution is -2.32. The van der Waals surface area contributed by atoms with Crippen molar-refractivity contribution in [2.45, 2.75) is 6.04 Å². The SMILES string of the molecule is O=C(Oc1ccccc1)N1OC=C[C@@H]1c1ccccc1. The monoisotopic (exact) mass is 267 g/mol. The maximum atomic E-state index is 12.1. The van der Waals surface area contributed by atoms with Crippen LogP contribution in [0.1, 0.15) is 11.6 Å². The van der Waals surface area contributed by atoms with Crippen molar-refractivity contribution in [1.29, 1.82) is 0 Å². The predicted octanol–water partition coefficient (Wildman–Crippen LogP) is 3.69. The van der Waals surface area contributed by atoms with Crippen molar-refractivity contribution in [2.75, 3.05) is 0 Å². The van der Waals surface area contributed by atoms with Crippen molar-refractivity contribution < 1.29 is 14.4 Å². The van der Waals surface area contributed by atoms with Crippen LogP contribution < -0.4 is 4.74 Å². The van der Waals surface area contributed by atoms with Gasteiger partial charge in [0.15, 0.2) is 0 Å². The Morgan fingerprint density at radius 1 is 1.00 bits per heavy atom. The summed E-state index contributed by atoms with van der Waals surface area (Å²) in [7, 11) is 0. The number of nitrogens with zero attached hydrogens (tertiary/aromatic N) is 1. The molecule has 1 aliphatic rings. The molecule has 1 heterocycles. The van der Waals surface area contributed by atoms with Crippen LogP contribution in [-0.4, -0.2) is 11.2 Å². The standard InChI is InChI=1S/C16H13NO3/c18-16(20-14-9-5-2-6-10-14)17-15(11-12-19-17)13-7-3-1-4-8-13/h1-12,15H/t15-/m1/s1. The number of ether oxygens (including phenoxy) is 1. The number of rotatable bonds is 2. The summed E-state index contributed by atoms with van der Waals surface area (Å²) in [5.74, 6) is 0.486. The molecule has 0 saturated carbocycles. The van der Waals surface area contributed by atoms with E-state index in [1.165, 1.54) is 11.3 Å². The molecular formula is C16H13NO3. The lowest BCUT2D eigenvalue weighted by atomic mass is 10.1. The smallest absolute Gasteiger partial charge is 0.408 e. The third-order valence-corrected chi connectivity index (χ3v) is 2.96. The van der Waals surface area contributed by atoms with E-state index in [2.05, 4.69) is 0 Å². The number of hydrogen-bond donors (Lipinski definition) is 0. The number of para-hydroxylation sites is 1. The van der Waals surface area contributed by atoms with E-state index in [-0.39, 0.29) is 6.04 Å². The second kappa shape index (κ2) is 5.48. The highest BCUT2D eigenvalue weighted by Crippen LogP contribution is 2.28. The fourth-order valence-corrected chi connectivity index (χ4v) is 2.01. The van der Waals surface area contributed by atoms with E-state index in [1.54, 1.807) is 24.3 Å². The Kier molecular flexibility index (Phi) is 3.37. The van der Waals surface area contributed by atoms with Crippen LogP contribution in [0.4, 0.5) is 4.79 Å². The summed E-state index contributed by atoms with van der Waals surface area (Å²) in [4.78, 5) is 17.4.